The van der Waals surface area contributed by atoms with Crippen molar-refractivity contribution in [2.24, 2.45) is 0 Å². The molecule has 0 heterocycles. The standard InChI is InChI=1S/C15H15Cl2N3O5S/c1-18-26(24,25)9-5-6-12(13(7-9)20(22)23)19-8-14(21)15-10(16)3-2-4-11(15)17/h2-7,14,18-19,21H,8H2,1H3. The van der Waals surface area contributed by atoms with Gasteiger partial charge in [-0.1, -0.05) is 29.3 Å². The van der Waals surface area contributed by atoms with Crippen LogP contribution in [0.5, 0.6) is 0 Å². The molecule has 0 aliphatic rings. The lowest BCUT2D eigenvalue weighted by Gasteiger charge is -2.16. The molecule has 0 radical (unpaired) electrons. The predicted octanol–water partition coefficient (Wildman–Crippen LogP) is 2.96. The van der Waals surface area contributed by atoms with E-state index < -0.39 is 26.7 Å². The van der Waals surface area contributed by atoms with E-state index >= 15 is 0 Å². The second-order valence-corrected chi connectivity index (χ2v) is 7.88. The molecule has 1 unspecified atom stereocenters. The number of benzene rings is 2. The van der Waals surface area contributed by atoms with Crippen molar-refractivity contribution in [3.8, 4) is 0 Å². The molecule has 2 aromatic rings. The molecule has 0 amide bonds. The van der Waals surface area contributed by atoms with Gasteiger partial charge in [-0.05, 0) is 31.3 Å². The molecule has 2 aromatic carbocycles. The number of anilines is 1. The van der Waals surface area contributed by atoms with Gasteiger partial charge in [0.2, 0.25) is 10.0 Å². The van der Waals surface area contributed by atoms with Crippen LogP contribution in [0.25, 0.3) is 0 Å². The van der Waals surface area contributed by atoms with E-state index in [4.69, 9.17) is 23.2 Å². The van der Waals surface area contributed by atoms with Gasteiger partial charge in [0.25, 0.3) is 5.69 Å². The topological polar surface area (TPSA) is 122 Å². The van der Waals surface area contributed by atoms with Crippen molar-refractivity contribution in [1.82, 2.24) is 4.72 Å². The van der Waals surface area contributed by atoms with Gasteiger partial charge in [0.1, 0.15) is 5.69 Å². The highest BCUT2D eigenvalue weighted by Gasteiger charge is 2.22. The Labute approximate surface area is 159 Å². The Bertz CT molecular complexity index is 917. The van der Waals surface area contributed by atoms with Crippen LogP contribution in [0, 0.1) is 10.1 Å². The monoisotopic (exact) mass is 419 g/mol. The Kier molecular flexibility index (Phi) is 6.43. The number of hydrogen-bond donors (Lipinski definition) is 3. The summed E-state index contributed by atoms with van der Waals surface area (Å²) >= 11 is 12.0. The van der Waals surface area contributed by atoms with E-state index in [1.54, 1.807) is 18.2 Å². The molecular weight excluding hydrogens is 405 g/mol. The first-order valence-corrected chi connectivity index (χ1v) is 9.49. The maximum atomic E-state index is 11.8. The van der Waals surface area contributed by atoms with E-state index in [1.807, 2.05) is 0 Å². The lowest BCUT2D eigenvalue weighted by Crippen LogP contribution is -2.19. The second kappa shape index (κ2) is 8.19. The number of sulfonamides is 1. The Morgan fingerprint density at radius 1 is 1.23 bits per heavy atom. The summed E-state index contributed by atoms with van der Waals surface area (Å²) in [7, 11) is -2.62. The van der Waals surface area contributed by atoms with Crippen LogP contribution in [0.1, 0.15) is 11.7 Å². The van der Waals surface area contributed by atoms with Crippen molar-refractivity contribution in [3.05, 3.63) is 62.1 Å². The van der Waals surface area contributed by atoms with Gasteiger partial charge in [-0.15, -0.1) is 0 Å². The maximum absolute atomic E-state index is 11.8. The normalized spacial score (nSPS) is 12.6. The van der Waals surface area contributed by atoms with Crippen LogP contribution >= 0.6 is 23.2 Å². The Morgan fingerprint density at radius 2 is 1.85 bits per heavy atom. The zero-order chi connectivity index (χ0) is 19.5. The summed E-state index contributed by atoms with van der Waals surface area (Å²) in [6, 6.07) is 8.15. The number of rotatable bonds is 7. The van der Waals surface area contributed by atoms with Crippen molar-refractivity contribution in [2.45, 2.75) is 11.0 Å². The van der Waals surface area contributed by atoms with Crippen LogP contribution in [0.15, 0.2) is 41.3 Å². The molecule has 0 bridgehead atoms. The van der Waals surface area contributed by atoms with E-state index in [0.717, 1.165) is 6.07 Å². The van der Waals surface area contributed by atoms with E-state index in [0.29, 0.717) is 5.56 Å². The van der Waals surface area contributed by atoms with Gasteiger partial charge in [-0.25, -0.2) is 13.1 Å². The van der Waals surface area contributed by atoms with Crippen LogP contribution in [-0.2, 0) is 10.0 Å². The quantitative estimate of drug-likeness (QED) is 0.468. The minimum Gasteiger partial charge on any atom is -0.386 e. The molecule has 1 atom stereocenters. The number of nitro groups is 1. The van der Waals surface area contributed by atoms with E-state index in [-0.39, 0.29) is 27.2 Å². The zero-order valence-corrected chi connectivity index (χ0v) is 15.8. The number of halogens is 2. The largest absolute Gasteiger partial charge is 0.386 e. The van der Waals surface area contributed by atoms with Crippen molar-refractivity contribution in [1.29, 1.82) is 0 Å². The first-order valence-electron chi connectivity index (χ1n) is 7.25. The summed E-state index contributed by atoms with van der Waals surface area (Å²) in [5.41, 5.74) is -0.105. The molecular formula is C15H15Cl2N3O5S. The summed E-state index contributed by atoms with van der Waals surface area (Å²) < 4.78 is 25.7. The maximum Gasteiger partial charge on any atom is 0.293 e. The molecule has 11 heteroatoms. The van der Waals surface area contributed by atoms with Gasteiger partial charge in [-0.2, -0.15) is 0 Å². The van der Waals surface area contributed by atoms with E-state index in [9.17, 15) is 23.6 Å². The fraction of sp³-hybridized carbons (Fsp3) is 0.200. The highest BCUT2D eigenvalue weighted by atomic mass is 35.5. The number of nitrogens with one attached hydrogen (secondary N) is 2. The lowest BCUT2D eigenvalue weighted by molar-refractivity contribution is -0.384. The fourth-order valence-corrected chi connectivity index (χ4v) is 3.63. The lowest BCUT2D eigenvalue weighted by atomic mass is 10.1. The Hall–Kier alpha value is -1.91. The molecule has 0 aliphatic carbocycles. The summed E-state index contributed by atoms with van der Waals surface area (Å²) in [5, 5.41) is 24.8. The summed E-state index contributed by atoms with van der Waals surface area (Å²) in [6.07, 6.45) is -1.13. The number of nitrogens with zero attached hydrogens (tertiary/aromatic N) is 1. The average Bonchev–Trinajstić information content (AvgIpc) is 2.59. The van der Waals surface area contributed by atoms with Gasteiger partial charge in [0.15, 0.2) is 0 Å². The zero-order valence-electron chi connectivity index (χ0n) is 13.4. The highest BCUT2D eigenvalue weighted by Crippen LogP contribution is 2.32. The molecule has 8 nitrogen and oxygen atoms in total. The molecule has 0 fully saturated rings. The summed E-state index contributed by atoms with van der Waals surface area (Å²) in [4.78, 5) is 10.3. The minimum atomic E-state index is -3.82. The van der Waals surface area contributed by atoms with Gasteiger partial charge < -0.3 is 10.4 Å². The van der Waals surface area contributed by atoms with Crippen molar-refractivity contribution in [3.63, 3.8) is 0 Å². The molecule has 0 aliphatic heterocycles. The third kappa shape index (κ3) is 4.43. The van der Waals surface area contributed by atoms with E-state index in [1.165, 1.54) is 19.2 Å². The molecule has 0 spiro atoms. The smallest absolute Gasteiger partial charge is 0.293 e. The van der Waals surface area contributed by atoms with Crippen molar-refractivity contribution >= 4 is 44.6 Å². The summed E-state index contributed by atoms with van der Waals surface area (Å²) in [6.45, 7) is -0.123. The van der Waals surface area contributed by atoms with Crippen molar-refractivity contribution < 1.29 is 18.4 Å². The molecule has 2 rings (SSSR count). The Balaban J connectivity index is 2.28. The van der Waals surface area contributed by atoms with Crippen molar-refractivity contribution in [2.75, 3.05) is 18.9 Å². The highest BCUT2D eigenvalue weighted by molar-refractivity contribution is 7.89. The SMILES string of the molecule is CNS(=O)(=O)c1ccc(NCC(O)c2c(Cl)cccc2Cl)c([N+](=O)[O-])c1. The molecule has 0 aromatic heterocycles. The first-order chi connectivity index (χ1) is 12.2. The molecule has 0 saturated heterocycles. The average molecular weight is 420 g/mol. The van der Waals surface area contributed by atoms with Crippen LogP contribution in [0.3, 0.4) is 0 Å². The second-order valence-electron chi connectivity index (χ2n) is 5.18. The van der Waals surface area contributed by atoms with Gasteiger partial charge in [-0.3, -0.25) is 10.1 Å². The van der Waals surface area contributed by atoms with Crippen LogP contribution < -0.4 is 10.0 Å². The number of nitro benzene ring substituents is 1. The minimum absolute atomic E-state index is 0.0484. The van der Waals surface area contributed by atoms with E-state index in [2.05, 4.69) is 10.0 Å². The van der Waals surface area contributed by atoms with Gasteiger partial charge >= 0.3 is 0 Å². The third-order valence-corrected chi connectivity index (χ3v) is 5.63. The number of aliphatic hydroxyl groups is 1. The molecule has 0 saturated carbocycles. The van der Waals surface area contributed by atoms with Crippen LogP contribution in [0.4, 0.5) is 11.4 Å². The molecule has 3 N–H and O–H groups in total. The van der Waals surface area contributed by atoms with Gasteiger partial charge in [0, 0.05) is 28.2 Å². The van der Waals surface area contributed by atoms with Crippen LogP contribution in [0.2, 0.25) is 10.0 Å². The first kappa shape index (κ1) is 20.4. The third-order valence-electron chi connectivity index (χ3n) is 3.56. The van der Waals surface area contributed by atoms with Gasteiger partial charge in [0.05, 0.1) is 15.9 Å². The number of hydrogen-bond acceptors (Lipinski definition) is 6. The predicted molar refractivity (Wildman–Crippen MR) is 99.3 cm³/mol. The Morgan fingerprint density at radius 3 is 2.38 bits per heavy atom. The molecule has 140 valence electrons. The fourth-order valence-electron chi connectivity index (χ4n) is 2.23. The summed E-state index contributed by atoms with van der Waals surface area (Å²) in [5.74, 6) is 0. The van der Waals surface area contributed by atoms with Crippen LogP contribution in [-0.4, -0.2) is 32.0 Å². The molecule has 26 heavy (non-hydrogen) atoms. The number of aliphatic hydroxyl groups excluding tert-OH is 1.